The van der Waals surface area contributed by atoms with Crippen molar-refractivity contribution in [2.45, 2.75) is 13.5 Å². The summed E-state index contributed by atoms with van der Waals surface area (Å²) in [4.78, 5) is 10.5. The van der Waals surface area contributed by atoms with E-state index in [-0.39, 0.29) is 12.3 Å². The average Bonchev–Trinajstić information content (AvgIpc) is 2.38. The fourth-order valence-corrected chi connectivity index (χ4v) is 2.25. The maximum atomic E-state index is 11.0. The third-order valence-corrected chi connectivity index (χ3v) is 3.40. The lowest BCUT2D eigenvalue weighted by Crippen LogP contribution is -2.02. The Bertz CT molecular complexity index is 659. The zero-order valence-electron chi connectivity index (χ0n) is 10.6. The topological polar surface area (TPSA) is 52.4 Å². The molecule has 0 aliphatic heterocycles. The molecule has 20 heavy (non-hydrogen) atoms. The van der Waals surface area contributed by atoms with Crippen LogP contribution >= 0.6 is 23.2 Å². The molecule has 0 saturated carbocycles. The molecule has 2 aromatic carbocycles. The highest BCUT2D eigenvalue weighted by Crippen LogP contribution is 2.30. The summed E-state index contributed by atoms with van der Waals surface area (Å²) in [5.41, 5.74) is 1.27. The minimum Gasteiger partial charge on any atom is -0.487 e. The minimum absolute atomic E-state index is 0.0151. The summed E-state index contributed by atoms with van der Waals surface area (Å²) in [5, 5.41) is 11.7. The van der Waals surface area contributed by atoms with E-state index in [1.54, 1.807) is 18.2 Å². The first-order valence-corrected chi connectivity index (χ1v) is 6.55. The second-order valence-electron chi connectivity index (χ2n) is 4.22. The van der Waals surface area contributed by atoms with Gasteiger partial charge in [-0.05, 0) is 30.7 Å². The molecule has 0 fully saturated rings. The number of nitrogens with zero attached hydrogens (tertiary/aromatic N) is 1. The zero-order valence-corrected chi connectivity index (χ0v) is 12.1. The zero-order chi connectivity index (χ0) is 14.7. The highest BCUT2D eigenvalue weighted by molar-refractivity contribution is 6.32. The monoisotopic (exact) mass is 311 g/mol. The first-order chi connectivity index (χ1) is 9.49. The van der Waals surface area contributed by atoms with E-state index in [9.17, 15) is 10.1 Å². The fraction of sp³-hybridized carbons (Fsp3) is 0.143. The van der Waals surface area contributed by atoms with Gasteiger partial charge in [-0.25, -0.2) is 0 Å². The van der Waals surface area contributed by atoms with E-state index in [0.29, 0.717) is 21.4 Å². The molecule has 0 atom stereocenters. The molecule has 0 N–H and O–H groups in total. The van der Waals surface area contributed by atoms with Crippen LogP contribution in [0.25, 0.3) is 0 Å². The van der Waals surface area contributed by atoms with Crippen LogP contribution in [0, 0.1) is 17.0 Å². The number of halogens is 2. The highest BCUT2D eigenvalue weighted by Gasteiger charge is 2.17. The van der Waals surface area contributed by atoms with Gasteiger partial charge in [0.25, 0.3) is 5.69 Å². The van der Waals surface area contributed by atoms with Gasteiger partial charge in [-0.1, -0.05) is 35.3 Å². The number of rotatable bonds is 4. The smallest absolute Gasteiger partial charge is 0.277 e. The molecule has 0 bridgehead atoms. The lowest BCUT2D eigenvalue weighted by molar-refractivity contribution is -0.385. The van der Waals surface area contributed by atoms with Gasteiger partial charge in [0.2, 0.25) is 0 Å². The number of benzene rings is 2. The normalized spacial score (nSPS) is 10.3. The van der Waals surface area contributed by atoms with E-state index >= 15 is 0 Å². The molecule has 0 aromatic heterocycles. The van der Waals surface area contributed by atoms with Crippen LogP contribution in [0.5, 0.6) is 5.75 Å². The average molecular weight is 312 g/mol. The number of hydrogen-bond acceptors (Lipinski definition) is 3. The molecular formula is C14H11Cl2NO3. The number of nitro groups is 1. The predicted octanol–water partition coefficient (Wildman–Crippen LogP) is 4.79. The maximum Gasteiger partial charge on any atom is 0.277 e. The molecule has 0 aliphatic rings. The largest absolute Gasteiger partial charge is 0.487 e. The molecule has 2 rings (SSSR count). The molecule has 104 valence electrons. The Labute approximate surface area is 126 Å². The minimum atomic E-state index is -0.485. The molecule has 0 saturated heterocycles. The van der Waals surface area contributed by atoms with Gasteiger partial charge in [0.15, 0.2) is 0 Å². The van der Waals surface area contributed by atoms with E-state index in [0.717, 1.165) is 5.56 Å². The Morgan fingerprint density at radius 1 is 1.20 bits per heavy atom. The van der Waals surface area contributed by atoms with Crippen molar-refractivity contribution >= 4 is 28.9 Å². The molecule has 4 nitrogen and oxygen atoms in total. The van der Waals surface area contributed by atoms with Crippen molar-refractivity contribution in [1.29, 1.82) is 0 Å². The first-order valence-electron chi connectivity index (χ1n) is 5.80. The summed E-state index contributed by atoms with van der Waals surface area (Å²) < 4.78 is 5.53. The van der Waals surface area contributed by atoms with Gasteiger partial charge in [0.05, 0.1) is 20.5 Å². The Hall–Kier alpha value is -1.78. The van der Waals surface area contributed by atoms with E-state index in [1.807, 2.05) is 13.0 Å². The first kappa shape index (κ1) is 14.6. The van der Waals surface area contributed by atoms with Crippen molar-refractivity contribution in [2.24, 2.45) is 0 Å². The second kappa shape index (κ2) is 6.11. The van der Waals surface area contributed by atoms with Gasteiger partial charge in [-0.15, -0.1) is 0 Å². The maximum absolute atomic E-state index is 11.0. The van der Waals surface area contributed by atoms with Crippen LogP contribution in [-0.2, 0) is 6.61 Å². The molecule has 6 heteroatoms. The van der Waals surface area contributed by atoms with Gasteiger partial charge < -0.3 is 4.74 Å². The summed E-state index contributed by atoms with van der Waals surface area (Å²) in [5.74, 6) is 0.464. The molecule has 0 aliphatic carbocycles. The summed E-state index contributed by atoms with van der Waals surface area (Å²) in [6.45, 7) is 1.90. The van der Waals surface area contributed by atoms with Crippen molar-refractivity contribution < 1.29 is 9.66 Å². The third kappa shape index (κ3) is 3.21. The standard InChI is InChI=1S/C14H11Cl2NO3/c1-9-5-6-14(12(16)7-9)20-8-10-11(15)3-2-4-13(10)17(18)19/h2-7H,8H2,1H3. The van der Waals surface area contributed by atoms with Gasteiger partial charge in [0, 0.05) is 6.07 Å². The number of ether oxygens (including phenoxy) is 1. The summed E-state index contributed by atoms with van der Waals surface area (Å²) in [6, 6.07) is 9.84. The third-order valence-electron chi connectivity index (χ3n) is 2.75. The Kier molecular flexibility index (Phi) is 4.47. The molecule has 0 unspecified atom stereocenters. The quantitative estimate of drug-likeness (QED) is 0.602. The molecular weight excluding hydrogens is 301 g/mol. The van der Waals surface area contributed by atoms with Crippen LogP contribution in [0.2, 0.25) is 10.0 Å². The van der Waals surface area contributed by atoms with Crippen molar-refractivity contribution in [2.75, 3.05) is 0 Å². The van der Waals surface area contributed by atoms with E-state index in [1.165, 1.54) is 12.1 Å². The van der Waals surface area contributed by atoms with Gasteiger partial charge in [0.1, 0.15) is 12.4 Å². The number of hydrogen-bond donors (Lipinski definition) is 0. The molecule has 0 radical (unpaired) electrons. The van der Waals surface area contributed by atoms with Gasteiger partial charge >= 0.3 is 0 Å². The predicted molar refractivity (Wildman–Crippen MR) is 78.6 cm³/mol. The summed E-state index contributed by atoms with van der Waals surface area (Å²) in [6.07, 6.45) is 0. The highest BCUT2D eigenvalue weighted by atomic mass is 35.5. The Morgan fingerprint density at radius 3 is 2.60 bits per heavy atom. The molecule has 0 amide bonds. The summed E-state index contributed by atoms with van der Waals surface area (Å²) in [7, 11) is 0. The van der Waals surface area contributed by atoms with E-state index in [2.05, 4.69) is 0 Å². The van der Waals surface area contributed by atoms with E-state index < -0.39 is 4.92 Å². The van der Waals surface area contributed by atoms with Gasteiger partial charge in [-0.3, -0.25) is 10.1 Å². The Morgan fingerprint density at radius 2 is 1.95 bits per heavy atom. The molecule has 2 aromatic rings. The summed E-state index contributed by atoms with van der Waals surface area (Å²) >= 11 is 12.0. The second-order valence-corrected chi connectivity index (χ2v) is 5.03. The number of aryl methyl sites for hydroxylation is 1. The van der Waals surface area contributed by atoms with Crippen molar-refractivity contribution in [1.82, 2.24) is 0 Å². The fourth-order valence-electron chi connectivity index (χ4n) is 1.73. The van der Waals surface area contributed by atoms with Crippen molar-refractivity contribution in [3.8, 4) is 5.75 Å². The van der Waals surface area contributed by atoms with Crippen LogP contribution < -0.4 is 4.74 Å². The van der Waals surface area contributed by atoms with Gasteiger partial charge in [-0.2, -0.15) is 0 Å². The van der Waals surface area contributed by atoms with Crippen LogP contribution in [0.15, 0.2) is 36.4 Å². The van der Waals surface area contributed by atoms with Crippen molar-refractivity contribution in [3.05, 3.63) is 67.7 Å². The van der Waals surface area contributed by atoms with Crippen LogP contribution in [0.4, 0.5) is 5.69 Å². The lowest BCUT2D eigenvalue weighted by atomic mass is 10.2. The number of nitro benzene ring substituents is 1. The van der Waals surface area contributed by atoms with Crippen LogP contribution in [-0.4, -0.2) is 4.92 Å². The van der Waals surface area contributed by atoms with E-state index in [4.69, 9.17) is 27.9 Å². The van der Waals surface area contributed by atoms with Crippen LogP contribution in [0.1, 0.15) is 11.1 Å². The van der Waals surface area contributed by atoms with Crippen LogP contribution in [0.3, 0.4) is 0 Å². The van der Waals surface area contributed by atoms with Crippen molar-refractivity contribution in [3.63, 3.8) is 0 Å². The Balaban J connectivity index is 2.25. The SMILES string of the molecule is Cc1ccc(OCc2c(Cl)cccc2[N+](=O)[O-])c(Cl)c1. The lowest BCUT2D eigenvalue weighted by Gasteiger charge is -2.10. The molecule has 0 spiro atoms. The molecule has 0 heterocycles.